The molecule has 0 spiro atoms. The van der Waals surface area contributed by atoms with Crippen molar-refractivity contribution < 1.29 is 10.0 Å². The third-order valence-electron chi connectivity index (χ3n) is 1.22. The van der Waals surface area contributed by atoms with Crippen LogP contribution in [0.1, 0.15) is 0 Å². The molecule has 10 heavy (non-hydrogen) atoms. The SMILES string of the molecule is O=C(NO)C1CSCCS1. The molecule has 1 rings (SSSR count). The van der Waals surface area contributed by atoms with Crippen molar-refractivity contribution in [1.82, 2.24) is 5.48 Å². The van der Waals surface area contributed by atoms with Crippen LogP contribution < -0.4 is 5.48 Å². The van der Waals surface area contributed by atoms with E-state index in [1.165, 1.54) is 0 Å². The first-order valence-corrected chi connectivity index (χ1v) is 5.18. The van der Waals surface area contributed by atoms with Gasteiger partial charge in [-0.05, 0) is 0 Å². The Hall–Kier alpha value is 0.130. The molecule has 0 saturated carbocycles. The lowest BCUT2D eigenvalue weighted by atomic mass is 10.4. The van der Waals surface area contributed by atoms with E-state index in [0.29, 0.717) is 0 Å². The molecule has 58 valence electrons. The van der Waals surface area contributed by atoms with Crippen LogP contribution in [0.4, 0.5) is 0 Å². The fourth-order valence-electron chi connectivity index (χ4n) is 0.711. The van der Waals surface area contributed by atoms with Crippen LogP contribution in [0.25, 0.3) is 0 Å². The highest BCUT2D eigenvalue weighted by Gasteiger charge is 2.21. The van der Waals surface area contributed by atoms with Gasteiger partial charge in [-0.3, -0.25) is 10.0 Å². The van der Waals surface area contributed by atoms with Crippen molar-refractivity contribution >= 4 is 29.4 Å². The standard InChI is InChI=1S/C5H9NO2S2/c7-5(6-8)4-3-9-1-2-10-4/h4,8H,1-3H2,(H,6,7). The quantitative estimate of drug-likeness (QED) is 0.450. The van der Waals surface area contributed by atoms with Crippen molar-refractivity contribution in [3.8, 4) is 0 Å². The zero-order valence-corrected chi connectivity index (χ0v) is 7.00. The third-order valence-corrected chi connectivity index (χ3v) is 3.97. The van der Waals surface area contributed by atoms with Gasteiger partial charge in [0.15, 0.2) is 0 Å². The molecule has 3 nitrogen and oxygen atoms in total. The van der Waals surface area contributed by atoms with Gasteiger partial charge in [-0.25, -0.2) is 5.48 Å². The second-order valence-electron chi connectivity index (χ2n) is 1.91. The van der Waals surface area contributed by atoms with E-state index in [0.717, 1.165) is 17.3 Å². The zero-order chi connectivity index (χ0) is 7.40. The molecule has 0 aromatic heterocycles. The van der Waals surface area contributed by atoms with Gasteiger partial charge in [0.05, 0.1) is 5.25 Å². The molecule has 1 aliphatic heterocycles. The van der Waals surface area contributed by atoms with Crippen molar-refractivity contribution in [2.45, 2.75) is 5.25 Å². The van der Waals surface area contributed by atoms with E-state index in [-0.39, 0.29) is 11.2 Å². The molecular weight excluding hydrogens is 170 g/mol. The molecule has 2 N–H and O–H groups in total. The summed E-state index contributed by atoms with van der Waals surface area (Å²) in [6.07, 6.45) is 0. The van der Waals surface area contributed by atoms with Gasteiger partial charge in [-0.1, -0.05) is 0 Å². The van der Waals surface area contributed by atoms with Crippen LogP contribution in [0.3, 0.4) is 0 Å². The van der Waals surface area contributed by atoms with Crippen molar-refractivity contribution in [3.63, 3.8) is 0 Å². The molecule has 1 unspecified atom stereocenters. The zero-order valence-electron chi connectivity index (χ0n) is 5.37. The molecule has 0 aromatic rings. The smallest absolute Gasteiger partial charge is 0.257 e. The molecule has 1 aliphatic rings. The van der Waals surface area contributed by atoms with Crippen LogP contribution in [0.15, 0.2) is 0 Å². The molecule has 1 fully saturated rings. The Morgan fingerprint density at radius 1 is 1.60 bits per heavy atom. The summed E-state index contributed by atoms with van der Waals surface area (Å²) in [7, 11) is 0. The summed E-state index contributed by atoms with van der Waals surface area (Å²) < 4.78 is 0. The highest BCUT2D eigenvalue weighted by Crippen LogP contribution is 2.23. The second-order valence-corrected chi connectivity index (χ2v) is 4.37. The van der Waals surface area contributed by atoms with Gasteiger partial charge in [0.1, 0.15) is 0 Å². The molecule has 0 aliphatic carbocycles. The largest absolute Gasteiger partial charge is 0.289 e. The molecule has 0 radical (unpaired) electrons. The van der Waals surface area contributed by atoms with Gasteiger partial charge >= 0.3 is 0 Å². The molecule has 5 heteroatoms. The highest BCUT2D eigenvalue weighted by atomic mass is 32.2. The average Bonchev–Trinajstić information content (AvgIpc) is 2.05. The number of amides is 1. The number of hydrogen-bond donors (Lipinski definition) is 2. The number of thioether (sulfide) groups is 2. The lowest BCUT2D eigenvalue weighted by Crippen LogP contribution is -2.33. The molecular formula is C5H9NO2S2. The van der Waals surface area contributed by atoms with Crippen molar-refractivity contribution in [2.24, 2.45) is 0 Å². The number of hydrogen-bond acceptors (Lipinski definition) is 4. The summed E-state index contributed by atoms with van der Waals surface area (Å²) in [6, 6.07) is 0. The van der Waals surface area contributed by atoms with Crippen LogP contribution in [0.5, 0.6) is 0 Å². The molecule has 0 aromatic carbocycles. The highest BCUT2D eigenvalue weighted by molar-refractivity contribution is 8.07. The fourth-order valence-corrected chi connectivity index (χ4v) is 3.26. The van der Waals surface area contributed by atoms with Crippen molar-refractivity contribution in [1.29, 1.82) is 0 Å². The van der Waals surface area contributed by atoms with Gasteiger partial charge in [-0.2, -0.15) is 11.8 Å². The number of rotatable bonds is 1. The van der Waals surface area contributed by atoms with Crippen LogP contribution in [-0.2, 0) is 4.79 Å². The van der Waals surface area contributed by atoms with E-state index in [4.69, 9.17) is 5.21 Å². The monoisotopic (exact) mass is 179 g/mol. The number of carbonyl (C=O) groups excluding carboxylic acids is 1. The maximum Gasteiger partial charge on any atom is 0.257 e. The fraction of sp³-hybridized carbons (Fsp3) is 0.800. The van der Waals surface area contributed by atoms with Gasteiger partial charge in [0.25, 0.3) is 5.91 Å². The minimum absolute atomic E-state index is 0.0521. The Morgan fingerprint density at radius 2 is 2.40 bits per heavy atom. The second kappa shape index (κ2) is 4.10. The molecule has 1 atom stereocenters. The van der Waals surface area contributed by atoms with Crippen LogP contribution >= 0.6 is 23.5 Å². The first-order chi connectivity index (χ1) is 4.84. The summed E-state index contributed by atoms with van der Waals surface area (Å²) in [5.74, 6) is 2.66. The van der Waals surface area contributed by atoms with Crippen molar-refractivity contribution in [3.05, 3.63) is 0 Å². The van der Waals surface area contributed by atoms with E-state index >= 15 is 0 Å². The average molecular weight is 179 g/mol. The number of hydroxylamine groups is 1. The predicted molar refractivity (Wildman–Crippen MR) is 43.5 cm³/mol. The van der Waals surface area contributed by atoms with E-state index in [9.17, 15) is 4.79 Å². The molecule has 1 saturated heterocycles. The number of nitrogens with one attached hydrogen (secondary N) is 1. The Balaban J connectivity index is 2.31. The van der Waals surface area contributed by atoms with Gasteiger partial charge < -0.3 is 0 Å². The Bertz CT molecular complexity index is 125. The molecule has 0 bridgehead atoms. The Labute approximate surface area is 67.9 Å². The van der Waals surface area contributed by atoms with Gasteiger partial charge in [0.2, 0.25) is 0 Å². The summed E-state index contributed by atoms with van der Waals surface area (Å²) in [4.78, 5) is 10.8. The van der Waals surface area contributed by atoms with Crippen LogP contribution in [0, 0.1) is 0 Å². The summed E-state index contributed by atoms with van der Waals surface area (Å²) in [5.41, 5.74) is 1.66. The minimum Gasteiger partial charge on any atom is -0.289 e. The summed E-state index contributed by atoms with van der Waals surface area (Å²) in [5, 5.41) is 8.21. The first kappa shape index (κ1) is 8.23. The normalized spacial score (nSPS) is 25.9. The number of carbonyl (C=O) groups is 1. The molecule has 1 amide bonds. The van der Waals surface area contributed by atoms with Gasteiger partial charge in [-0.15, -0.1) is 11.8 Å². The minimum atomic E-state index is -0.266. The topological polar surface area (TPSA) is 49.3 Å². The maximum absolute atomic E-state index is 10.8. The van der Waals surface area contributed by atoms with E-state index in [1.54, 1.807) is 29.0 Å². The Kier molecular flexibility index (Phi) is 3.37. The predicted octanol–water partition coefficient (Wildman–Crippen LogP) is 0.340. The van der Waals surface area contributed by atoms with E-state index < -0.39 is 0 Å². The lowest BCUT2D eigenvalue weighted by Gasteiger charge is -2.18. The third kappa shape index (κ3) is 2.07. The summed E-state index contributed by atoms with van der Waals surface area (Å²) in [6.45, 7) is 0. The summed E-state index contributed by atoms with van der Waals surface area (Å²) >= 11 is 3.36. The van der Waals surface area contributed by atoms with Crippen molar-refractivity contribution in [2.75, 3.05) is 17.3 Å². The first-order valence-electron chi connectivity index (χ1n) is 2.98. The van der Waals surface area contributed by atoms with E-state index in [1.807, 2.05) is 0 Å². The maximum atomic E-state index is 10.8. The van der Waals surface area contributed by atoms with Gasteiger partial charge in [0, 0.05) is 17.3 Å². The lowest BCUT2D eigenvalue weighted by molar-refractivity contribution is -0.128. The molecule has 1 heterocycles. The van der Waals surface area contributed by atoms with Crippen LogP contribution in [0.2, 0.25) is 0 Å². The van der Waals surface area contributed by atoms with Crippen LogP contribution in [-0.4, -0.2) is 33.6 Å². The van der Waals surface area contributed by atoms with E-state index in [2.05, 4.69) is 0 Å². The Morgan fingerprint density at radius 3 is 2.90 bits per heavy atom.